The highest BCUT2D eigenvalue weighted by atomic mass is 79.9. The second-order valence-corrected chi connectivity index (χ2v) is 8.71. The molecule has 20 heavy (non-hydrogen) atoms. The maximum absolute atomic E-state index is 12.9. The lowest BCUT2D eigenvalue weighted by atomic mass is 10.1. The summed E-state index contributed by atoms with van der Waals surface area (Å²) < 4.78 is 28.3. The molecule has 0 unspecified atom stereocenters. The Bertz CT molecular complexity index is 580. The summed E-state index contributed by atoms with van der Waals surface area (Å²) in [6.07, 6.45) is 2.89. The molecule has 3 nitrogen and oxygen atoms in total. The number of halogens is 1. The largest absolute Gasteiger partial charge is 0.243 e. The van der Waals surface area contributed by atoms with Crippen LogP contribution in [0.3, 0.4) is 0 Å². The van der Waals surface area contributed by atoms with Gasteiger partial charge in [-0.3, -0.25) is 0 Å². The minimum Gasteiger partial charge on any atom is -0.207 e. The molecule has 0 bridgehead atoms. The van der Waals surface area contributed by atoms with Gasteiger partial charge in [-0.15, -0.1) is 0 Å². The van der Waals surface area contributed by atoms with Crippen molar-refractivity contribution in [2.24, 2.45) is 5.92 Å². The highest BCUT2D eigenvalue weighted by molar-refractivity contribution is 9.10. The van der Waals surface area contributed by atoms with Gasteiger partial charge >= 0.3 is 0 Å². The topological polar surface area (TPSA) is 37.4 Å². The van der Waals surface area contributed by atoms with Crippen molar-refractivity contribution in [3.63, 3.8) is 0 Å². The monoisotopic (exact) mass is 359 g/mol. The predicted octanol–water partition coefficient (Wildman–Crippen LogP) is 3.96. The van der Waals surface area contributed by atoms with E-state index in [1.807, 2.05) is 19.1 Å². The summed E-state index contributed by atoms with van der Waals surface area (Å²) in [6, 6.07) is 5.65. The zero-order valence-corrected chi connectivity index (χ0v) is 14.7. The average Bonchev–Trinajstić information content (AvgIpc) is 3.16. The molecule has 1 aliphatic carbocycles. The summed E-state index contributed by atoms with van der Waals surface area (Å²) in [7, 11) is -3.38. The second kappa shape index (κ2) is 6.16. The van der Waals surface area contributed by atoms with Gasteiger partial charge in [-0.2, -0.15) is 4.31 Å². The van der Waals surface area contributed by atoms with Crippen LogP contribution in [0.1, 0.15) is 38.7 Å². The molecule has 2 rings (SSSR count). The molecular weight excluding hydrogens is 338 g/mol. The van der Waals surface area contributed by atoms with E-state index in [9.17, 15) is 8.42 Å². The number of sulfonamides is 1. The van der Waals surface area contributed by atoms with Crippen LogP contribution in [-0.2, 0) is 10.0 Å². The van der Waals surface area contributed by atoms with Gasteiger partial charge in [0.15, 0.2) is 0 Å². The van der Waals surface area contributed by atoms with E-state index in [1.54, 1.807) is 10.4 Å². The Morgan fingerprint density at radius 2 is 2.00 bits per heavy atom. The van der Waals surface area contributed by atoms with Crippen LogP contribution in [0.25, 0.3) is 0 Å². The van der Waals surface area contributed by atoms with Gasteiger partial charge in [-0.05, 0) is 49.8 Å². The minimum absolute atomic E-state index is 0.206. The number of rotatable bonds is 6. The third-order valence-electron chi connectivity index (χ3n) is 3.62. The molecule has 1 aromatic carbocycles. The maximum Gasteiger partial charge on any atom is 0.243 e. The van der Waals surface area contributed by atoms with E-state index in [4.69, 9.17) is 0 Å². The first-order valence-electron chi connectivity index (χ1n) is 7.10. The highest BCUT2D eigenvalue weighted by Crippen LogP contribution is 2.34. The standard InChI is InChI=1S/C15H22BrNO2S/c1-11(2)8-9-17(14-6-7-14)20(18,19)15-10-13(16)5-4-12(15)3/h4-5,10-11,14H,6-9H2,1-3H3. The van der Waals surface area contributed by atoms with Gasteiger partial charge in [-0.1, -0.05) is 35.8 Å². The molecular formula is C15H22BrNO2S. The van der Waals surface area contributed by atoms with Gasteiger partial charge in [0.05, 0.1) is 4.90 Å². The zero-order valence-electron chi connectivity index (χ0n) is 12.3. The fourth-order valence-electron chi connectivity index (χ4n) is 2.23. The van der Waals surface area contributed by atoms with E-state index in [1.165, 1.54) is 0 Å². The molecule has 112 valence electrons. The Kier molecular flexibility index (Phi) is 4.92. The van der Waals surface area contributed by atoms with Crippen molar-refractivity contribution >= 4 is 26.0 Å². The van der Waals surface area contributed by atoms with Crippen molar-refractivity contribution in [1.29, 1.82) is 0 Å². The molecule has 0 atom stereocenters. The first-order chi connectivity index (χ1) is 9.32. The Morgan fingerprint density at radius 1 is 1.35 bits per heavy atom. The van der Waals surface area contributed by atoms with Gasteiger partial charge in [0, 0.05) is 17.1 Å². The molecule has 0 heterocycles. The molecule has 1 aromatic rings. The van der Waals surface area contributed by atoms with Crippen LogP contribution in [0.5, 0.6) is 0 Å². The van der Waals surface area contributed by atoms with Crippen molar-refractivity contribution < 1.29 is 8.42 Å². The fourth-order valence-corrected chi connectivity index (χ4v) is 4.69. The summed E-state index contributed by atoms with van der Waals surface area (Å²) in [5.74, 6) is 0.509. The SMILES string of the molecule is Cc1ccc(Br)cc1S(=O)(=O)N(CCC(C)C)C1CC1. The van der Waals surface area contributed by atoms with Crippen LogP contribution in [-0.4, -0.2) is 25.3 Å². The summed E-state index contributed by atoms with van der Waals surface area (Å²) in [4.78, 5) is 0.433. The van der Waals surface area contributed by atoms with Crippen LogP contribution < -0.4 is 0 Å². The quantitative estimate of drug-likeness (QED) is 0.770. The van der Waals surface area contributed by atoms with E-state index < -0.39 is 10.0 Å². The Hall–Kier alpha value is -0.390. The molecule has 0 saturated heterocycles. The maximum atomic E-state index is 12.9. The first kappa shape index (κ1) is 16.0. The average molecular weight is 360 g/mol. The van der Waals surface area contributed by atoms with Crippen LogP contribution in [0.2, 0.25) is 0 Å². The van der Waals surface area contributed by atoms with E-state index in [-0.39, 0.29) is 6.04 Å². The lowest BCUT2D eigenvalue weighted by Crippen LogP contribution is -2.35. The first-order valence-corrected chi connectivity index (χ1v) is 9.33. The lowest BCUT2D eigenvalue weighted by molar-refractivity contribution is 0.373. The number of benzene rings is 1. The van der Waals surface area contributed by atoms with E-state index in [0.717, 1.165) is 29.3 Å². The van der Waals surface area contributed by atoms with E-state index >= 15 is 0 Å². The second-order valence-electron chi connectivity index (χ2n) is 5.94. The van der Waals surface area contributed by atoms with Crippen molar-refractivity contribution in [3.8, 4) is 0 Å². The molecule has 1 saturated carbocycles. The summed E-state index contributed by atoms with van der Waals surface area (Å²) in [5, 5.41) is 0. The van der Waals surface area contributed by atoms with Gasteiger partial charge in [0.25, 0.3) is 0 Å². The van der Waals surface area contributed by atoms with Gasteiger partial charge < -0.3 is 0 Å². The smallest absolute Gasteiger partial charge is 0.207 e. The molecule has 1 aliphatic rings. The number of hydrogen-bond acceptors (Lipinski definition) is 2. The van der Waals surface area contributed by atoms with Crippen LogP contribution in [0.15, 0.2) is 27.6 Å². The van der Waals surface area contributed by atoms with Crippen molar-refractivity contribution in [2.45, 2.75) is 51.0 Å². The summed E-state index contributed by atoms with van der Waals surface area (Å²) in [5.41, 5.74) is 0.809. The van der Waals surface area contributed by atoms with Crippen LogP contribution in [0, 0.1) is 12.8 Å². The highest BCUT2D eigenvalue weighted by Gasteiger charge is 2.38. The summed E-state index contributed by atoms with van der Waals surface area (Å²) >= 11 is 3.37. The van der Waals surface area contributed by atoms with Crippen molar-refractivity contribution in [3.05, 3.63) is 28.2 Å². The summed E-state index contributed by atoms with van der Waals surface area (Å²) in [6.45, 7) is 6.73. The molecule has 0 aliphatic heterocycles. The van der Waals surface area contributed by atoms with Crippen LogP contribution >= 0.6 is 15.9 Å². The van der Waals surface area contributed by atoms with E-state index in [2.05, 4.69) is 29.8 Å². The van der Waals surface area contributed by atoms with Crippen LogP contribution in [0.4, 0.5) is 0 Å². The molecule has 0 spiro atoms. The third kappa shape index (κ3) is 3.62. The molecule has 0 aromatic heterocycles. The molecule has 0 amide bonds. The number of aryl methyl sites for hydroxylation is 1. The van der Waals surface area contributed by atoms with Crippen molar-refractivity contribution in [2.75, 3.05) is 6.54 Å². The van der Waals surface area contributed by atoms with Gasteiger partial charge in [0.1, 0.15) is 0 Å². The third-order valence-corrected chi connectivity index (χ3v) is 6.20. The Labute approximate surface area is 130 Å². The predicted molar refractivity (Wildman–Crippen MR) is 85.2 cm³/mol. The Balaban J connectivity index is 2.32. The Morgan fingerprint density at radius 3 is 2.55 bits per heavy atom. The van der Waals surface area contributed by atoms with Gasteiger partial charge in [0.2, 0.25) is 10.0 Å². The molecule has 0 radical (unpaired) electrons. The number of hydrogen-bond donors (Lipinski definition) is 0. The molecule has 0 N–H and O–H groups in total. The fraction of sp³-hybridized carbons (Fsp3) is 0.600. The normalized spacial score (nSPS) is 16.1. The molecule has 5 heteroatoms. The van der Waals surface area contributed by atoms with Crippen molar-refractivity contribution in [1.82, 2.24) is 4.31 Å². The van der Waals surface area contributed by atoms with E-state index in [0.29, 0.717) is 17.4 Å². The minimum atomic E-state index is -3.38. The zero-order chi connectivity index (χ0) is 14.9. The number of nitrogens with zero attached hydrogens (tertiary/aromatic N) is 1. The lowest BCUT2D eigenvalue weighted by Gasteiger charge is -2.23. The van der Waals surface area contributed by atoms with Gasteiger partial charge in [-0.25, -0.2) is 8.42 Å². The molecule has 1 fully saturated rings.